The number of halogens is 1. The first kappa shape index (κ1) is 29.9. The van der Waals surface area contributed by atoms with Crippen molar-refractivity contribution in [2.75, 3.05) is 19.9 Å². The molecule has 1 fully saturated rings. The van der Waals surface area contributed by atoms with Crippen molar-refractivity contribution >= 4 is 23.4 Å². The third-order valence-electron chi connectivity index (χ3n) is 8.37. The summed E-state index contributed by atoms with van der Waals surface area (Å²) in [5.74, 6) is 1.49. The van der Waals surface area contributed by atoms with Gasteiger partial charge in [0.15, 0.2) is 11.5 Å². The van der Waals surface area contributed by atoms with E-state index >= 15 is 0 Å². The Labute approximate surface area is 253 Å². The Morgan fingerprint density at radius 2 is 1.64 bits per heavy atom. The van der Waals surface area contributed by atoms with E-state index in [1.165, 1.54) is 5.56 Å². The largest absolute Gasteiger partial charge is 0.454 e. The van der Waals surface area contributed by atoms with E-state index in [0.717, 1.165) is 67.2 Å². The van der Waals surface area contributed by atoms with Crippen LogP contribution in [0.5, 0.6) is 11.5 Å². The fourth-order valence-electron chi connectivity index (χ4n) is 5.84. The molecule has 1 saturated heterocycles. The molecular weight excluding hydrogens is 550 g/mol. The summed E-state index contributed by atoms with van der Waals surface area (Å²) in [7, 11) is 0. The van der Waals surface area contributed by atoms with Gasteiger partial charge in [0.25, 0.3) is 5.91 Å². The van der Waals surface area contributed by atoms with Crippen LogP contribution in [-0.4, -0.2) is 47.5 Å². The minimum Gasteiger partial charge on any atom is -0.454 e. The van der Waals surface area contributed by atoms with Gasteiger partial charge in [-0.15, -0.1) is 0 Å². The molecule has 0 aliphatic carbocycles. The summed E-state index contributed by atoms with van der Waals surface area (Å²) >= 11 is 6.06. The zero-order valence-corrected chi connectivity index (χ0v) is 25.2. The Balaban J connectivity index is 1.23. The van der Waals surface area contributed by atoms with Crippen molar-refractivity contribution < 1.29 is 19.1 Å². The molecule has 0 aromatic heterocycles. The lowest BCUT2D eigenvalue weighted by atomic mass is 9.96. The molecule has 8 heteroatoms. The fraction of sp³-hybridized carbons (Fsp3) is 0.412. The summed E-state index contributed by atoms with van der Waals surface area (Å²) in [6.07, 6.45) is 3.50. The predicted molar refractivity (Wildman–Crippen MR) is 165 cm³/mol. The van der Waals surface area contributed by atoms with Gasteiger partial charge in [-0.25, -0.2) is 0 Å². The van der Waals surface area contributed by atoms with Crippen LogP contribution in [0.15, 0.2) is 66.7 Å². The molecule has 0 radical (unpaired) electrons. The molecule has 0 spiro atoms. The maximum atomic E-state index is 13.8. The van der Waals surface area contributed by atoms with Crippen LogP contribution in [0.1, 0.15) is 66.6 Å². The number of nitrogens with zero attached hydrogens (tertiary/aromatic N) is 2. The number of hydrogen-bond acceptors (Lipinski definition) is 5. The SMILES string of the molecule is CCC(CC)C(=O)N(Cc1cccc(C(=O)NCc2ccc3c(c2)OCO3)c1)C1CCN(Cc2ccc(Cl)cc2)CC1. The number of rotatable bonds is 11. The summed E-state index contributed by atoms with van der Waals surface area (Å²) in [4.78, 5) is 31.4. The van der Waals surface area contributed by atoms with E-state index in [0.29, 0.717) is 24.4 Å². The molecule has 42 heavy (non-hydrogen) atoms. The molecule has 3 aromatic rings. The molecule has 1 N–H and O–H groups in total. The molecule has 0 atom stereocenters. The first-order valence-corrected chi connectivity index (χ1v) is 15.3. The number of carbonyl (C=O) groups excluding carboxylic acids is 2. The van der Waals surface area contributed by atoms with Crippen molar-refractivity contribution in [2.24, 2.45) is 5.92 Å². The maximum Gasteiger partial charge on any atom is 0.251 e. The van der Waals surface area contributed by atoms with E-state index in [-0.39, 0.29) is 30.6 Å². The maximum absolute atomic E-state index is 13.8. The number of nitrogens with one attached hydrogen (secondary N) is 1. The number of carbonyl (C=O) groups is 2. The highest BCUT2D eigenvalue weighted by molar-refractivity contribution is 6.30. The summed E-state index contributed by atoms with van der Waals surface area (Å²) < 4.78 is 10.8. The average Bonchev–Trinajstić information content (AvgIpc) is 3.49. The Kier molecular flexibility index (Phi) is 10.0. The highest BCUT2D eigenvalue weighted by atomic mass is 35.5. The summed E-state index contributed by atoms with van der Waals surface area (Å²) in [6.45, 7) is 8.03. The topological polar surface area (TPSA) is 71.1 Å². The van der Waals surface area contributed by atoms with E-state index in [2.05, 4.69) is 41.1 Å². The molecule has 7 nitrogen and oxygen atoms in total. The fourth-order valence-corrected chi connectivity index (χ4v) is 5.97. The van der Waals surface area contributed by atoms with Crippen LogP contribution in [0.25, 0.3) is 0 Å². The standard InChI is InChI=1S/C34H40ClN3O4/c1-3-27(4-2)34(40)38(30-14-16-37(17-15-30)21-24-8-11-29(35)12-9-24)22-26-6-5-7-28(18-26)33(39)36-20-25-10-13-31-32(19-25)42-23-41-31/h5-13,18-19,27,30H,3-4,14-17,20-23H2,1-2H3,(H,36,39). The van der Waals surface area contributed by atoms with Gasteiger partial charge in [0.05, 0.1) is 0 Å². The molecular formula is C34H40ClN3O4. The van der Waals surface area contributed by atoms with Gasteiger partial charge < -0.3 is 19.7 Å². The van der Waals surface area contributed by atoms with E-state index < -0.39 is 0 Å². The van der Waals surface area contributed by atoms with Crippen molar-refractivity contribution in [3.63, 3.8) is 0 Å². The van der Waals surface area contributed by atoms with E-state index in [1.54, 1.807) is 0 Å². The Hall–Kier alpha value is -3.55. The highest BCUT2D eigenvalue weighted by Gasteiger charge is 2.31. The van der Waals surface area contributed by atoms with Crippen LogP contribution in [0.2, 0.25) is 5.02 Å². The van der Waals surface area contributed by atoms with E-state index in [4.69, 9.17) is 21.1 Å². The first-order valence-electron chi connectivity index (χ1n) is 15.0. The van der Waals surface area contributed by atoms with Gasteiger partial charge in [-0.3, -0.25) is 14.5 Å². The second-order valence-electron chi connectivity index (χ2n) is 11.2. The Morgan fingerprint density at radius 3 is 2.38 bits per heavy atom. The van der Waals surface area contributed by atoms with Crippen LogP contribution < -0.4 is 14.8 Å². The van der Waals surface area contributed by atoms with Crippen LogP contribution in [0.4, 0.5) is 0 Å². The third-order valence-corrected chi connectivity index (χ3v) is 8.62. The number of likely N-dealkylation sites (tertiary alicyclic amines) is 1. The molecule has 0 unspecified atom stereocenters. The van der Waals surface area contributed by atoms with Crippen molar-refractivity contribution in [1.29, 1.82) is 0 Å². The van der Waals surface area contributed by atoms with Crippen molar-refractivity contribution in [3.05, 3.63) is 94.0 Å². The number of fused-ring (bicyclic) bond motifs is 1. The van der Waals surface area contributed by atoms with Gasteiger partial charge in [-0.05, 0) is 78.8 Å². The number of ether oxygens (including phenoxy) is 2. The predicted octanol–water partition coefficient (Wildman–Crippen LogP) is 6.43. The van der Waals surface area contributed by atoms with Gasteiger partial charge in [-0.2, -0.15) is 0 Å². The normalized spacial score (nSPS) is 15.1. The van der Waals surface area contributed by atoms with Gasteiger partial charge in [0.1, 0.15) is 0 Å². The molecule has 5 rings (SSSR count). The second-order valence-corrected chi connectivity index (χ2v) is 11.6. The van der Waals surface area contributed by atoms with E-state index in [1.807, 2.05) is 54.6 Å². The molecule has 222 valence electrons. The highest BCUT2D eigenvalue weighted by Crippen LogP contribution is 2.32. The van der Waals surface area contributed by atoms with Crippen LogP contribution in [0, 0.1) is 5.92 Å². The third kappa shape index (κ3) is 7.44. The first-order chi connectivity index (χ1) is 20.4. The smallest absolute Gasteiger partial charge is 0.251 e. The Bertz CT molecular complexity index is 1370. The molecule has 0 bridgehead atoms. The summed E-state index contributed by atoms with van der Waals surface area (Å²) in [6, 6.07) is 21.5. The van der Waals surface area contributed by atoms with Crippen LogP contribution >= 0.6 is 11.6 Å². The zero-order chi connectivity index (χ0) is 29.5. The van der Waals surface area contributed by atoms with Gasteiger partial charge in [-0.1, -0.05) is 55.8 Å². The van der Waals surface area contributed by atoms with Crippen LogP contribution in [0.3, 0.4) is 0 Å². The lowest BCUT2D eigenvalue weighted by molar-refractivity contribution is -0.140. The lowest BCUT2D eigenvalue weighted by Gasteiger charge is -2.40. The molecule has 2 heterocycles. The summed E-state index contributed by atoms with van der Waals surface area (Å²) in [5, 5.41) is 3.76. The minimum absolute atomic E-state index is 0.00489. The molecule has 2 aliphatic rings. The number of piperidine rings is 1. The van der Waals surface area contributed by atoms with Crippen molar-refractivity contribution in [2.45, 2.75) is 65.2 Å². The van der Waals surface area contributed by atoms with Gasteiger partial charge in [0.2, 0.25) is 12.7 Å². The molecule has 2 aliphatic heterocycles. The monoisotopic (exact) mass is 589 g/mol. The lowest BCUT2D eigenvalue weighted by Crippen LogP contribution is -2.48. The van der Waals surface area contributed by atoms with Crippen LogP contribution in [-0.2, 0) is 24.4 Å². The number of benzene rings is 3. The number of amides is 2. The quantitative estimate of drug-likeness (QED) is 0.279. The second kappa shape index (κ2) is 14.1. The zero-order valence-electron chi connectivity index (χ0n) is 24.5. The molecule has 3 aromatic carbocycles. The van der Waals surface area contributed by atoms with Crippen molar-refractivity contribution in [1.82, 2.24) is 15.1 Å². The molecule has 0 saturated carbocycles. The number of hydrogen-bond donors (Lipinski definition) is 1. The minimum atomic E-state index is -0.150. The van der Waals surface area contributed by atoms with Gasteiger partial charge in [0, 0.05) is 55.3 Å². The Morgan fingerprint density at radius 1 is 0.929 bits per heavy atom. The van der Waals surface area contributed by atoms with Gasteiger partial charge >= 0.3 is 0 Å². The summed E-state index contributed by atoms with van der Waals surface area (Å²) in [5.41, 5.74) is 3.74. The van der Waals surface area contributed by atoms with E-state index in [9.17, 15) is 9.59 Å². The van der Waals surface area contributed by atoms with Crippen molar-refractivity contribution in [3.8, 4) is 11.5 Å². The average molecular weight is 590 g/mol. The molecule has 2 amide bonds.